The summed E-state index contributed by atoms with van der Waals surface area (Å²) in [4.78, 5) is 27.8. The molecule has 0 aliphatic heterocycles. The molecule has 35 heavy (non-hydrogen) atoms. The van der Waals surface area contributed by atoms with Crippen LogP contribution in [0.5, 0.6) is 0 Å². The van der Waals surface area contributed by atoms with Crippen molar-refractivity contribution < 1.29 is 9.53 Å². The zero-order valence-corrected chi connectivity index (χ0v) is 21.8. The second-order valence-electron chi connectivity index (χ2n) is 10.6. The molecule has 3 aromatic rings. The van der Waals surface area contributed by atoms with Gasteiger partial charge in [-0.15, -0.1) is 0 Å². The summed E-state index contributed by atoms with van der Waals surface area (Å²) in [6, 6.07) is 8.80. The van der Waals surface area contributed by atoms with Crippen molar-refractivity contribution >= 4 is 17.1 Å². The van der Waals surface area contributed by atoms with E-state index in [0.717, 1.165) is 55.6 Å². The number of imidazole rings is 1. The van der Waals surface area contributed by atoms with Crippen LogP contribution >= 0.6 is 0 Å². The second-order valence-corrected chi connectivity index (χ2v) is 10.6. The number of carbonyl (C=O) groups is 1. The third-order valence-electron chi connectivity index (χ3n) is 6.73. The first-order valence-electron chi connectivity index (χ1n) is 12.8. The zero-order valence-electron chi connectivity index (χ0n) is 21.8. The highest BCUT2D eigenvalue weighted by Crippen LogP contribution is 2.34. The number of nitrogens with zero attached hydrogens (tertiary/aromatic N) is 3. The molecule has 1 amide bonds. The molecule has 0 saturated heterocycles. The lowest BCUT2D eigenvalue weighted by Crippen LogP contribution is -2.34. The predicted octanol–water partition coefficient (Wildman–Crippen LogP) is 5.76. The van der Waals surface area contributed by atoms with Gasteiger partial charge in [0.15, 0.2) is 0 Å². The summed E-state index contributed by atoms with van der Waals surface area (Å²) >= 11 is 0. The molecule has 0 bridgehead atoms. The highest BCUT2D eigenvalue weighted by molar-refractivity contribution is 5.79. The van der Waals surface area contributed by atoms with Crippen LogP contribution < -0.4 is 5.32 Å². The van der Waals surface area contributed by atoms with Crippen LogP contribution in [0.3, 0.4) is 0 Å². The van der Waals surface area contributed by atoms with Gasteiger partial charge in [-0.1, -0.05) is 12.1 Å². The van der Waals surface area contributed by atoms with Crippen LogP contribution in [0.1, 0.15) is 80.7 Å². The number of unbranched alkanes of at least 4 members (excludes halogenated alkanes) is 1. The molecule has 1 atom stereocenters. The normalized spacial score (nSPS) is 15.9. The van der Waals surface area contributed by atoms with E-state index in [4.69, 9.17) is 14.7 Å². The minimum absolute atomic E-state index is 0.273. The Bertz CT molecular complexity index is 1160. The molecule has 1 aromatic carbocycles. The van der Waals surface area contributed by atoms with E-state index in [2.05, 4.69) is 47.2 Å². The van der Waals surface area contributed by atoms with Crippen LogP contribution in [0.4, 0.5) is 4.79 Å². The lowest BCUT2D eigenvalue weighted by molar-refractivity contribution is 0.0526. The molecule has 2 N–H and O–H groups in total. The van der Waals surface area contributed by atoms with Gasteiger partial charge in [0, 0.05) is 12.7 Å². The average Bonchev–Trinajstić information content (AvgIpc) is 3.22. The molecule has 0 fully saturated rings. The van der Waals surface area contributed by atoms with Gasteiger partial charge < -0.3 is 15.0 Å². The molecule has 0 spiro atoms. The van der Waals surface area contributed by atoms with Crippen LogP contribution in [0.25, 0.3) is 11.0 Å². The monoisotopic (exact) mass is 477 g/mol. The number of hydrogen-bond donors (Lipinski definition) is 2. The van der Waals surface area contributed by atoms with E-state index >= 15 is 0 Å². The first-order chi connectivity index (χ1) is 16.7. The standard InChI is InChI=1S/C28H39N5O2/c1-19-13-14-22-25(20(19)2)32-24(31-22)18-33(17-7-6-15-30-27(34)35-28(3,4)5)23-12-8-10-21-11-9-16-29-26(21)23/h9,11,13-14,16,23H,6-8,10,12,15,17-18H2,1-5H3,(H,30,34)(H,31,32). The number of benzene rings is 1. The molecular weight excluding hydrogens is 438 g/mol. The van der Waals surface area contributed by atoms with Gasteiger partial charge >= 0.3 is 6.09 Å². The number of alkyl carbamates (subject to hydrolysis) is 1. The first-order valence-corrected chi connectivity index (χ1v) is 12.8. The molecule has 4 rings (SSSR count). The van der Waals surface area contributed by atoms with Gasteiger partial charge in [0.1, 0.15) is 11.4 Å². The predicted molar refractivity (Wildman–Crippen MR) is 139 cm³/mol. The molecule has 1 aliphatic rings. The fourth-order valence-corrected chi connectivity index (χ4v) is 4.86. The first kappa shape index (κ1) is 25.2. The molecule has 188 valence electrons. The number of ether oxygens (including phenoxy) is 1. The number of pyridine rings is 1. The summed E-state index contributed by atoms with van der Waals surface area (Å²) in [5, 5.41) is 2.88. The number of hydrogen-bond acceptors (Lipinski definition) is 5. The number of rotatable bonds is 8. The zero-order chi connectivity index (χ0) is 25.0. The lowest BCUT2D eigenvalue weighted by Gasteiger charge is -2.34. The van der Waals surface area contributed by atoms with Crippen molar-refractivity contribution in [2.75, 3.05) is 13.1 Å². The van der Waals surface area contributed by atoms with Crippen molar-refractivity contribution in [2.45, 2.75) is 84.9 Å². The fraction of sp³-hybridized carbons (Fsp3) is 0.536. The van der Waals surface area contributed by atoms with E-state index in [0.29, 0.717) is 6.54 Å². The van der Waals surface area contributed by atoms with Crippen molar-refractivity contribution in [1.82, 2.24) is 25.2 Å². The van der Waals surface area contributed by atoms with Crippen LogP contribution in [0.2, 0.25) is 0 Å². The maximum atomic E-state index is 12.0. The largest absolute Gasteiger partial charge is 0.444 e. The maximum absolute atomic E-state index is 12.0. The van der Waals surface area contributed by atoms with E-state index in [-0.39, 0.29) is 12.1 Å². The van der Waals surface area contributed by atoms with Crippen LogP contribution in [0.15, 0.2) is 30.5 Å². The molecule has 7 heteroatoms. The topological polar surface area (TPSA) is 83.1 Å². The minimum atomic E-state index is -0.480. The van der Waals surface area contributed by atoms with Gasteiger partial charge in [-0.3, -0.25) is 9.88 Å². The Morgan fingerprint density at radius 1 is 1.23 bits per heavy atom. The summed E-state index contributed by atoms with van der Waals surface area (Å²) in [6.07, 6.45) is 6.76. The van der Waals surface area contributed by atoms with Crippen molar-refractivity contribution in [3.63, 3.8) is 0 Å². The van der Waals surface area contributed by atoms with Gasteiger partial charge in [0.05, 0.1) is 29.3 Å². The van der Waals surface area contributed by atoms with Gasteiger partial charge in [-0.25, -0.2) is 9.78 Å². The number of carbonyl (C=O) groups excluding carboxylic acids is 1. The Hall–Kier alpha value is -2.93. The van der Waals surface area contributed by atoms with Crippen molar-refractivity contribution in [2.24, 2.45) is 0 Å². The van der Waals surface area contributed by atoms with Crippen molar-refractivity contribution in [3.8, 4) is 0 Å². The molecule has 7 nitrogen and oxygen atoms in total. The lowest BCUT2D eigenvalue weighted by atomic mass is 9.90. The number of aromatic nitrogens is 3. The second kappa shape index (κ2) is 10.8. The Labute approximate surface area is 208 Å². The number of aromatic amines is 1. The van der Waals surface area contributed by atoms with E-state index < -0.39 is 5.60 Å². The Balaban J connectivity index is 1.46. The van der Waals surface area contributed by atoms with Gasteiger partial charge in [0.2, 0.25) is 0 Å². The quantitative estimate of drug-likeness (QED) is 0.403. The number of aryl methyl sites for hydroxylation is 3. The maximum Gasteiger partial charge on any atom is 0.407 e. The summed E-state index contributed by atoms with van der Waals surface area (Å²) in [7, 11) is 0. The number of amides is 1. The molecule has 1 unspecified atom stereocenters. The number of H-pyrrole nitrogens is 1. The van der Waals surface area contributed by atoms with E-state index in [1.807, 2.05) is 33.0 Å². The highest BCUT2D eigenvalue weighted by Gasteiger charge is 2.28. The van der Waals surface area contributed by atoms with Crippen LogP contribution in [-0.4, -0.2) is 44.6 Å². The van der Waals surface area contributed by atoms with Gasteiger partial charge in [-0.05, 0) is 102 Å². The molecule has 2 aromatic heterocycles. The van der Waals surface area contributed by atoms with E-state index in [1.54, 1.807) is 0 Å². The molecule has 0 saturated carbocycles. The van der Waals surface area contributed by atoms with E-state index in [1.165, 1.54) is 28.8 Å². The van der Waals surface area contributed by atoms with E-state index in [9.17, 15) is 4.79 Å². The highest BCUT2D eigenvalue weighted by atomic mass is 16.6. The SMILES string of the molecule is Cc1ccc2[nH]c(CN(CCCCNC(=O)OC(C)(C)C)C3CCCc4cccnc43)nc2c1C. The van der Waals surface area contributed by atoms with Gasteiger partial charge in [-0.2, -0.15) is 0 Å². The average molecular weight is 478 g/mol. The summed E-state index contributed by atoms with van der Waals surface area (Å²) in [6.45, 7) is 12.2. The number of nitrogens with one attached hydrogen (secondary N) is 2. The van der Waals surface area contributed by atoms with Crippen molar-refractivity contribution in [3.05, 3.63) is 58.7 Å². The summed E-state index contributed by atoms with van der Waals surface area (Å²) < 4.78 is 5.34. The van der Waals surface area contributed by atoms with Crippen LogP contribution in [-0.2, 0) is 17.7 Å². The van der Waals surface area contributed by atoms with Crippen molar-refractivity contribution in [1.29, 1.82) is 0 Å². The Morgan fingerprint density at radius 3 is 2.86 bits per heavy atom. The molecule has 2 heterocycles. The molecular formula is C28H39N5O2. The smallest absolute Gasteiger partial charge is 0.407 e. The fourth-order valence-electron chi connectivity index (χ4n) is 4.86. The van der Waals surface area contributed by atoms with Gasteiger partial charge in [0.25, 0.3) is 0 Å². The Kier molecular flexibility index (Phi) is 7.75. The third kappa shape index (κ3) is 6.40. The van der Waals surface area contributed by atoms with Crippen LogP contribution in [0, 0.1) is 13.8 Å². The Morgan fingerprint density at radius 2 is 2.06 bits per heavy atom. The molecule has 1 aliphatic carbocycles. The molecule has 0 radical (unpaired) electrons. The summed E-state index contributed by atoms with van der Waals surface area (Å²) in [5.74, 6) is 0.989. The minimum Gasteiger partial charge on any atom is -0.444 e. The number of fused-ring (bicyclic) bond motifs is 2. The summed E-state index contributed by atoms with van der Waals surface area (Å²) in [5.41, 5.74) is 6.72. The third-order valence-corrected chi connectivity index (χ3v) is 6.73.